The summed E-state index contributed by atoms with van der Waals surface area (Å²) < 4.78 is 67.1. The number of aromatic nitrogens is 3. The normalized spacial score (nSPS) is 13.7. The predicted molar refractivity (Wildman–Crippen MR) is 167 cm³/mol. The van der Waals surface area contributed by atoms with Crippen LogP contribution < -0.4 is 22.5 Å². The van der Waals surface area contributed by atoms with Gasteiger partial charge in [-0.05, 0) is 67.1 Å². The Hall–Kier alpha value is -4.07. The summed E-state index contributed by atoms with van der Waals surface area (Å²) in [6.07, 6.45) is -0.506. The fourth-order valence-corrected chi connectivity index (χ4v) is 4.96. The summed E-state index contributed by atoms with van der Waals surface area (Å²) in [5.41, 5.74) is 12.7. The highest BCUT2D eigenvalue weighted by atomic mass is 35.5. The maximum atomic E-state index is 15.1. The summed E-state index contributed by atoms with van der Waals surface area (Å²) in [6.45, 7) is 3.90. The van der Waals surface area contributed by atoms with E-state index < -0.39 is 30.4 Å². The molecule has 45 heavy (non-hydrogen) atoms. The molecule has 0 spiro atoms. The summed E-state index contributed by atoms with van der Waals surface area (Å²) >= 11 is 6.12. The van der Waals surface area contributed by atoms with Crippen molar-refractivity contribution < 1.29 is 22.0 Å². The number of aryl methyl sites for hydroxylation is 1. The van der Waals surface area contributed by atoms with Gasteiger partial charge in [-0.2, -0.15) is 18.2 Å². The molecule has 2 heterocycles. The highest BCUT2D eigenvalue weighted by molar-refractivity contribution is 6.31. The molecule has 0 amide bonds. The number of rotatable bonds is 14. The highest BCUT2D eigenvalue weighted by Crippen LogP contribution is 2.32. The number of halogens is 6. The van der Waals surface area contributed by atoms with E-state index in [-0.39, 0.29) is 47.4 Å². The van der Waals surface area contributed by atoms with E-state index >= 15 is 4.39 Å². The van der Waals surface area contributed by atoms with Crippen LogP contribution in [0.5, 0.6) is 0 Å². The van der Waals surface area contributed by atoms with Gasteiger partial charge in [-0.3, -0.25) is 9.56 Å². The molecule has 0 aliphatic heterocycles. The Balaban J connectivity index is 1.49. The van der Waals surface area contributed by atoms with E-state index in [1.165, 1.54) is 16.7 Å². The molecule has 0 aliphatic carbocycles. The van der Waals surface area contributed by atoms with Crippen molar-refractivity contribution >= 4 is 28.5 Å². The summed E-state index contributed by atoms with van der Waals surface area (Å²) in [5.74, 6) is -0.756. The Morgan fingerprint density at radius 3 is 2.58 bits per heavy atom. The smallest absolute Gasteiger partial charge is 0.385 e. The Bertz CT molecular complexity index is 1720. The van der Waals surface area contributed by atoms with Crippen LogP contribution in [0.15, 0.2) is 71.1 Å². The number of H-pyrrole nitrogens is 1. The van der Waals surface area contributed by atoms with Gasteiger partial charge in [0.2, 0.25) is 0 Å². The maximum Gasteiger partial charge on any atom is 0.403 e. The third-order valence-corrected chi connectivity index (χ3v) is 7.52. The molecule has 0 saturated carbocycles. The molecule has 4 aromatic rings. The number of amidine groups is 1. The zero-order valence-electron chi connectivity index (χ0n) is 24.2. The molecular weight excluding hydrogens is 617 g/mol. The molecule has 2 unspecified atom stereocenters. The zero-order chi connectivity index (χ0) is 32.7. The minimum absolute atomic E-state index is 0.0414. The van der Waals surface area contributed by atoms with Gasteiger partial charge in [-0.25, -0.2) is 13.6 Å². The minimum Gasteiger partial charge on any atom is -0.385 e. The number of benzene rings is 2. The number of aromatic amines is 1. The predicted octanol–water partition coefficient (Wildman–Crippen LogP) is 5.75. The number of fused-ring (bicyclic) bond motifs is 1. The number of nitrogens with one attached hydrogen (secondary N) is 2. The van der Waals surface area contributed by atoms with Crippen LogP contribution >= 0.6 is 11.6 Å². The molecule has 0 saturated heterocycles. The lowest BCUT2D eigenvalue weighted by molar-refractivity contribution is -0.149. The second kappa shape index (κ2) is 14.8. The van der Waals surface area contributed by atoms with Crippen molar-refractivity contribution in [1.82, 2.24) is 19.9 Å². The maximum absolute atomic E-state index is 15.1. The van der Waals surface area contributed by atoms with Gasteiger partial charge < -0.3 is 21.8 Å². The van der Waals surface area contributed by atoms with E-state index in [9.17, 15) is 22.4 Å². The molecule has 2 aromatic heterocycles. The van der Waals surface area contributed by atoms with Gasteiger partial charge in [0.25, 0.3) is 0 Å². The zero-order valence-corrected chi connectivity index (χ0v) is 24.9. The van der Waals surface area contributed by atoms with Crippen molar-refractivity contribution in [1.29, 1.82) is 0 Å². The summed E-state index contributed by atoms with van der Waals surface area (Å²) in [6, 6.07) is 9.74. The van der Waals surface area contributed by atoms with Crippen molar-refractivity contribution in [3.8, 4) is 16.9 Å². The Kier molecular flexibility index (Phi) is 11.1. The summed E-state index contributed by atoms with van der Waals surface area (Å²) in [4.78, 5) is 23.9. The van der Waals surface area contributed by atoms with Crippen LogP contribution in [0.25, 0.3) is 28.0 Å². The van der Waals surface area contributed by atoms with Gasteiger partial charge in [0.15, 0.2) is 5.82 Å². The molecule has 0 fully saturated rings. The molecule has 240 valence electrons. The molecule has 14 heteroatoms. The molecule has 8 nitrogen and oxygen atoms in total. The van der Waals surface area contributed by atoms with E-state index in [0.29, 0.717) is 41.8 Å². The largest absolute Gasteiger partial charge is 0.403 e. The van der Waals surface area contributed by atoms with Gasteiger partial charge in [-0.15, -0.1) is 6.58 Å². The average Bonchev–Trinajstić information content (AvgIpc) is 3.42. The number of alkyl halides is 4. The third kappa shape index (κ3) is 8.77. The van der Waals surface area contributed by atoms with Gasteiger partial charge in [0.05, 0.1) is 16.4 Å². The summed E-state index contributed by atoms with van der Waals surface area (Å²) in [7, 11) is 0. The van der Waals surface area contributed by atoms with Crippen LogP contribution in [-0.2, 0) is 13.0 Å². The molecular formula is C31H33ClF5N7O. The molecule has 2 aromatic carbocycles. The topological polar surface area (TPSA) is 127 Å². The van der Waals surface area contributed by atoms with Crippen LogP contribution in [0.1, 0.15) is 30.4 Å². The molecule has 2 atom stereocenters. The van der Waals surface area contributed by atoms with Crippen LogP contribution in [0.2, 0.25) is 5.02 Å². The van der Waals surface area contributed by atoms with Gasteiger partial charge in [-0.1, -0.05) is 29.8 Å². The van der Waals surface area contributed by atoms with Crippen molar-refractivity contribution in [2.24, 2.45) is 16.5 Å². The standard InChI is InChI=1S/C31H33ClF5N7O/c1-2-21(10-11-40-27(39)15-33)41-16-18-6-8-22(9-7-18)44-17-20-14-25(42-29(20)43-30(44)45)23-12-19(13-24(32)28(23)34)4-3-5-26(38)31(35,36)37/h2,6-9,12-14,17,21,26,41H,1,3-5,10-11,15-16,38H2,(H2,39,40)(H,42,43,45). The first-order valence-corrected chi connectivity index (χ1v) is 14.5. The van der Waals surface area contributed by atoms with Crippen LogP contribution in [0.3, 0.4) is 0 Å². The molecule has 6 N–H and O–H groups in total. The number of nitrogens with two attached hydrogens (primary N) is 2. The summed E-state index contributed by atoms with van der Waals surface area (Å²) in [5, 5.41) is 3.67. The number of nitrogens with zero attached hydrogens (tertiary/aromatic N) is 3. The van der Waals surface area contributed by atoms with E-state index in [2.05, 4.69) is 26.9 Å². The Labute approximate surface area is 261 Å². The van der Waals surface area contributed by atoms with E-state index in [0.717, 1.165) is 5.56 Å². The molecule has 0 aliphatic rings. The highest BCUT2D eigenvalue weighted by Gasteiger charge is 2.35. The van der Waals surface area contributed by atoms with Gasteiger partial charge >= 0.3 is 11.9 Å². The number of hydrogen-bond donors (Lipinski definition) is 4. The van der Waals surface area contributed by atoms with Gasteiger partial charge in [0, 0.05) is 36.3 Å². The van der Waals surface area contributed by atoms with Crippen molar-refractivity contribution in [3.63, 3.8) is 0 Å². The van der Waals surface area contributed by atoms with E-state index in [1.807, 2.05) is 12.1 Å². The van der Waals surface area contributed by atoms with Crippen molar-refractivity contribution in [2.75, 3.05) is 13.2 Å². The molecule has 0 bridgehead atoms. The lowest BCUT2D eigenvalue weighted by atomic mass is 10.0. The van der Waals surface area contributed by atoms with E-state index in [4.69, 9.17) is 23.1 Å². The second-order valence-corrected chi connectivity index (χ2v) is 11.0. The third-order valence-electron chi connectivity index (χ3n) is 7.25. The average molecular weight is 650 g/mol. The van der Waals surface area contributed by atoms with Crippen LogP contribution in [-0.4, -0.2) is 51.9 Å². The Morgan fingerprint density at radius 2 is 1.91 bits per heavy atom. The van der Waals surface area contributed by atoms with Crippen LogP contribution in [0, 0.1) is 5.82 Å². The van der Waals surface area contributed by atoms with Crippen molar-refractivity contribution in [2.45, 2.75) is 50.5 Å². The fourth-order valence-electron chi connectivity index (χ4n) is 4.72. The molecule has 0 radical (unpaired) electrons. The lowest BCUT2D eigenvalue weighted by Crippen LogP contribution is -2.37. The fraction of sp³-hybridized carbons (Fsp3) is 0.323. The monoisotopic (exact) mass is 649 g/mol. The SMILES string of the molecule is C=CC(CCN=C(N)CF)NCc1ccc(-n2cc3cc(-c4cc(CCCC(N)C(F)(F)F)cc(Cl)c4F)[nH]c3nc2=O)cc1. The first kappa shape index (κ1) is 33.8. The quantitative estimate of drug-likeness (QED) is 0.0599. The van der Waals surface area contributed by atoms with Crippen molar-refractivity contribution in [3.05, 3.63) is 93.8 Å². The Morgan fingerprint density at radius 1 is 1.18 bits per heavy atom. The van der Waals surface area contributed by atoms with E-state index in [1.54, 1.807) is 30.5 Å². The van der Waals surface area contributed by atoms with Gasteiger partial charge in [0.1, 0.15) is 24.2 Å². The lowest BCUT2D eigenvalue weighted by Gasteiger charge is -2.15. The minimum atomic E-state index is -4.49. The first-order valence-electron chi connectivity index (χ1n) is 14.1. The first-order chi connectivity index (χ1) is 21.4. The molecule has 4 rings (SSSR count). The number of hydrogen-bond acceptors (Lipinski definition) is 5. The number of aliphatic imine (C=N–C) groups is 1. The van der Waals surface area contributed by atoms with Crippen LogP contribution in [0.4, 0.5) is 22.0 Å². The second-order valence-electron chi connectivity index (χ2n) is 10.5.